The Morgan fingerprint density at radius 2 is 1.62 bits per heavy atom. The van der Waals surface area contributed by atoms with Gasteiger partial charge in [-0.05, 0) is 30.5 Å². The summed E-state index contributed by atoms with van der Waals surface area (Å²) in [5.74, 6) is 0.0760. The van der Waals surface area contributed by atoms with Crippen molar-refractivity contribution in [3.8, 4) is 0 Å². The van der Waals surface area contributed by atoms with Crippen LogP contribution >= 0.6 is 0 Å². The molecule has 0 bridgehead atoms. The van der Waals surface area contributed by atoms with Gasteiger partial charge in [0.2, 0.25) is 0 Å². The molecule has 2 aromatic rings. The van der Waals surface area contributed by atoms with Crippen molar-refractivity contribution in [2.75, 3.05) is 13.1 Å². The van der Waals surface area contributed by atoms with Crippen molar-refractivity contribution in [2.24, 2.45) is 0 Å². The van der Waals surface area contributed by atoms with Crippen LogP contribution in [-0.4, -0.2) is 25.2 Å². The summed E-state index contributed by atoms with van der Waals surface area (Å²) in [7, 11) is 0. The molecule has 0 aliphatic rings. The minimum Gasteiger partial charge on any atom is -0.303 e. The first-order valence-electron chi connectivity index (χ1n) is 8.16. The van der Waals surface area contributed by atoms with E-state index in [2.05, 4.69) is 10.6 Å². The molecule has 0 saturated heterocycles. The molecule has 24 heavy (non-hydrogen) atoms. The van der Waals surface area contributed by atoms with Crippen LogP contribution in [0.2, 0.25) is 0 Å². The lowest BCUT2D eigenvalue weighted by molar-refractivity contribution is -0.119. The Morgan fingerprint density at radius 1 is 1.00 bits per heavy atom. The van der Waals surface area contributed by atoms with E-state index in [9.17, 15) is 9.59 Å². The summed E-state index contributed by atoms with van der Waals surface area (Å²) in [6, 6.07) is 16.8. The highest BCUT2D eigenvalue weighted by atomic mass is 16.1. The van der Waals surface area contributed by atoms with Crippen molar-refractivity contribution in [2.45, 2.75) is 25.9 Å². The summed E-state index contributed by atoms with van der Waals surface area (Å²) in [4.78, 5) is 23.2. The Morgan fingerprint density at radius 3 is 2.25 bits per heavy atom. The highest BCUT2D eigenvalue weighted by molar-refractivity contribution is 5.82. The van der Waals surface area contributed by atoms with Crippen molar-refractivity contribution < 1.29 is 9.59 Å². The van der Waals surface area contributed by atoms with E-state index in [4.69, 9.17) is 0 Å². The molecule has 2 N–H and O–H groups in total. The average molecular weight is 324 g/mol. The number of carbonyl (C=O) groups excluding carboxylic acids is 2. The Kier molecular flexibility index (Phi) is 6.85. The Balaban J connectivity index is 1.90. The third kappa shape index (κ3) is 4.85. The molecule has 0 fully saturated rings. The predicted octanol–water partition coefficient (Wildman–Crippen LogP) is 2.74. The molecule has 0 aliphatic carbocycles. The van der Waals surface area contributed by atoms with Gasteiger partial charge in [-0.25, -0.2) is 0 Å². The third-order valence-electron chi connectivity index (χ3n) is 4.04. The van der Waals surface area contributed by atoms with Gasteiger partial charge in [-0.1, -0.05) is 54.6 Å². The van der Waals surface area contributed by atoms with Gasteiger partial charge in [-0.3, -0.25) is 4.79 Å². The number of nitrogens with one attached hydrogen (secondary N) is 2. The summed E-state index contributed by atoms with van der Waals surface area (Å²) >= 11 is 0. The molecule has 2 unspecified atom stereocenters. The number of Topliss-reactive ketones (excluding diaryl/α,β-unsaturated/α-hetero) is 1. The Hall–Kier alpha value is -2.30. The number of carbonyl (C=O) groups is 2. The van der Waals surface area contributed by atoms with Crippen LogP contribution in [0.3, 0.4) is 0 Å². The standard InChI is InChI=1S/C20H24N2O2/c1-15-8-6-7-11-18(15)19(14-23)21-12-13-22-20(16(2)24)17-9-4-3-5-10-17/h3-11,14,19-22H,12-13H2,1-2H3. The summed E-state index contributed by atoms with van der Waals surface area (Å²) in [5.41, 5.74) is 3.02. The molecule has 0 aromatic heterocycles. The number of aryl methyl sites for hydroxylation is 1. The van der Waals surface area contributed by atoms with Gasteiger partial charge in [0, 0.05) is 13.1 Å². The van der Waals surface area contributed by atoms with E-state index in [-0.39, 0.29) is 17.9 Å². The summed E-state index contributed by atoms with van der Waals surface area (Å²) in [6.45, 7) is 4.76. The number of hydrogen-bond donors (Lipinski definition) is 2. The van der Waals surface area contributed by atoms with Crippen molar-refractivity contribution in [1.82, 2.24) is 10.6 Å². The van der Waals surface area contributed by atoms with E-state index < -0.39 is 0 Å². The van der Waals surface area contributed by atoms with E-state index in [1.807, 2.05) is 61.5 Å². The summed E-state index contributed by atoms with van der Waals surface area (Å²) < 4.78 is 0. The van der Waals surface area contributed by atoms with Crippen molar-refractivity contribution in [3.63, 3.8) is 0 Å². The molecule has 2 aromatic carbocycles. The second-order valence-corrected chi connectivity index (χ2v) is 5.83. The maximum Gasteiger partial charge on any atom is 0.151 e. The van der Waals surface area contributed by atoms with Gasteiger partial charge in [0.05, 0.1) is 12.1 Å². The van der Waals surface area contributed by atoms with Crippen molar-refractivity contribution in [1.29, 1.82) is 0 Å². The van der Waals surface area contributed by atoms with Crippen LogP contribution in [0.15, 0.2) is 54.6 Å². The zero-order valence-corrected chi connectivity index (χ0v) is 14.2. The Labute approximate surface area is 143 Å². The minimum atomic E-state index is -0.333. The monoisotopic (exact) mass is 324 g/mol. The van der Waals surface area contributed by atoms with E-state index in [0.29, 0.717) is 13.1 Å². The van der Waals surface area contributed by atoms with Crippen LogP contribution in [0.4, 0.5) is 0 Å². The molecule has 0 aliphatic heterocycles. The molecule has 4 nitrogen and oxygen atoms in total. The predicted molar refractivity (Wildman–Crippen MR) is 95.9 cm³/mol. The van der Waals surface area contributed by atoms with Crippen LogP contribution in [0, 0.1) is 6.92 Å². The van der Waals surface area contributed by atoms with Crippen LogP contribution < -0.4 is 10.6 Å². The number of ketones is 1. The smallest absolute Gasteiger partial charge is 0.151 e. The Bertz CT molecular complexity index is 670. The molecular formula is C20H24N2O2. The summed E-state index contributed by atoms with van der Waals surface area (Å²) in [5, 5.41) is 6.48. The van der Waals surface area contributed by atoms with Crippen LogP contribution in [-0.2, 0) is 9.59 Å². The lowest BCUT2D eigenvalue weighted by atomic mass is 10.0. The van der Waals surface area contributed by atoms with Gasteiger partial charge in [0.1, 0.15) is 6.29 Å². The van der Waals surface area contributed by atoms with Gasteiger partial charge < -0.3 is 15.4 Å². The molecule has 0 amide bonds. The zero-order valence-electron chi connectivity index (χ0n) is 14.2. The molecule has 126 valence electrons. The number of aldehydes is 1. The topological polar surface area (TPSA) is 58.2 Å². The average Bonchev–Trinajstić information content (AvgIpc) is 2.59. The first-order valence-corrected chi connectivity index (χ1v) is 8.16. The molecule has 0 saturated carbocycles. The van der Waals surface area contributed by atoms with Gasteiger partial charge in [0.25, 0.3) is 0 Å². The lowest BCUT2D eigenvalue weighted by Gasteiger charge is -2.19. The second kappa shape index (κ2) is 9.11. The van der Waals surface area contributed by atoms with Gasteiger partial charge in [-0.2, -0.15) is 0 Å². The molecule has 2 rings (SSSR count). The fraction of sp³-hybridized carbons (Fsp3) is 0.300. The molecule has 0 spiro atoms. The first-order chi connectivity index (χ1) is 11.6. The van der Waals surface area contributed by atoms with Gasteiger partial charge in [0.15, 0.2) is 5.78 Å². The minimum absolute atomic E-state index is 0.0760. The maximum absolute atomic E-state index is 11.9. The lowest BCUT2D eigenvalue weighted by Crippen LogP contribution is -2.35. The van der Waals surface area contributed by atoms with Gasteiger partial charge >= 0.3 is 0 Å². The van der Waals surface area contributed by atoms with Crippen LogP contribution in [0.1, 0.15) is 35.7 Å². The highest BCUT2D eigenvalue weighted by Gasteiger charge is 2.16. The maximum atomic E-state index is 11.9. The molecule has 0 heterocycles. The molecule has 0 radical (unpaired) electrons. The third-order valence-corrected chi connectivity index (χ3v) is 4.04. The quantitative estimate of drug-likeness (QED) is 0.550. The van der Waals surface area contributed by atoms with Crippen LogP contribution in [0.5, 0.6) is 0 Å². The normalized spacial score (nSPS) is 13.2. The van der Waals surface area contributed by atoms with Crippen molar-refractivity contribution in [3.05, 3.63) is 71.3 Å². The molecule has 2 atom stereocenters. The number of benzene rings is 2. The second-order valence-electron chi connectivity index (χ2n) is 5.83. The SMILES string of the molecule is CC(=O)C(NCCNC(C=O)c1ccccc1C)c1ccccc1. The van der Waals surface area contributed by atoms with E-state index in [1.54, 1.807) is 6.92 Å². The highest BCUT2D eigenvalue weighted by Crippen LogP contribution is 2.15. The summed E-state index contributed by atoms with van der Waals surface area (Å²) in [6.07, 6.45) is 0.919. The first kappa shape index (κ1) is 18.0. The van der Waals surface area contributed by atoms with E-state index in [1.165, 1.54) is 0 Å². The van der Waals surface area contributed by atoms with Crippen LogP contribution in [0.25, 0.3) is 0 Å². The van der Waals surface area contributed by atoms with Crippen molar-refractivity contribution >= 4 is 12.1 Å². The van der Waals surface area contributed by atoms with E-state index in [0.717, 1.165) is 23.0 Å². The fourth-order valence-electron chi connectivity index (χ4n) is 2.75. The number of rotatable bonds is 9. The zero-order chi connectivity index (χ0) is 17.4. The largest absolute Gasteiger partial charge is 0.303 e. The van der Waals surface area contributed by atoms with E-state index >= 15 is 0 Å². The number of hydrogen-bond acceptors (Lipinski definition) is 4. The molecule has 4 heteroatoms. The fourth-order valence-corrected chi connectivity index (χ4v) is 2.75. The molecular weight excluding hydrogens is 300 g/mol. The van der Waals surface area contributed by atoms with Gasteiger partial charge in [-0.15, -0.1) is 0 Å².